The molecule has 3 nitrogen and oxygen atoms in total. The van der Waals surface area contributed by atoms with E-state index in [9.17, 15) is 0 Å². The third kappa shape index (κ3) is 1.62. The van der Waals surface area contributed by atoms with E-state index in [4.69, 9.17) is 16.1 Å². The van der Waals surface area contributed by atoms with Gasteiger partial charge >= 0.3 is 0 Å². The molecular weight excluding hydrogens is 140 g/mol. The Balaban J connectivity index is 2.98. The molecule has 3 N–H and O–H groups in total. The first-order valence-corrected chi connectivity index (χ1v) is 3.18. The van der Waals surface area contributed by atoms with E-state index in [0.717, 1.165) is 5.56 Å². The van der Waals surface area contributed by atoms with E-state index in [0.29, 0.717) is 12.1 Å². The van der Waals surface area contributed by atoms with Crippen molar-refractivity contribution in [3.8, 4) is 11.8 Å². The van der Waals surface area contributed by atoms with Crippen LogP contribution in [0.25, 0.3) is 0 Å². The lowest BCUT2D eigenvalue weighted by Crippen LogP contribution is -1.88. The highest BCUT2D eigenvalue weighted by atomic mass is 16.3. The van der Waals surface area contributed by atoms with E-state index in [-0.39, 0.29) is 5.75 Å². The standard InChI is InChI=1S/C8H8N2O/c9-4-3-6-1-2-8(11)7(10)5-6/h1-2,5,11H,3,10H2. The Kier molecular flexibility index (Phi) is 1.98. The van der Waals surface area contributed by atoms with Crippen LogP contribution in [0.3, 0.4) is 0 Å². The molecule has 56 valence electrons. The molecule has 0 bridgehead atoms. The molecule has 0 atom stereocenters. The van der Waals surface area contributed by atoms with E-state index < -0.39 is 0 Å². The number of anilines is 1. The molecule has 0 unspecified atom stereocenters. The average Bonchev–Trinajstić information content (AvgIpc) is 1.98. The topological polar surface area (TPSA) is 70.0 Å². The van der Waals surface area contributed by atoms with Crippen LogP contribution in [0.5, 0.6) is 5.75 Å². The van der Waals surface area contributed by atoms with Gasteiger partial charge in [-0.1, -0.05) is 6.07 Å². The van der Waals surface area contributed by atoms with Crippen LogP contribution < -0.4 is 5.73 Å². The number of rotatable bonds is 1. The van der Waals surface area contributed by atoms with Gasteiger partial charge in [-0.15, -0.1) is 0 Å². The lowest BCUT2D eigenvalue weighted by Gasteiger charge is -1.99. The van der Waals surface area contributed by atoms with Crippen LogP contribution in [-0.2, 0) is 6.42 Å². The minimum absolute atomic E-state index is 0.0617. The Morgan fingerprint density at radius 2 is 2.27 bits per heavy atom. The summed E-state index contributed by atoms with van der Waals surface area (Å²) in [6, 6.07) is 6.75. The van der Waals surface area contributed by atoms with E-state index in [2.05, 4.69) is 0 Å². The number of phenolic OH excluding ortho intramolecular Hbond substituents is 1. The number of aromatic hydroxyl groups is 1. The number of benzene rings is 1. The zero-order valence-electron chi connectivity index (χ0n) is 5.91. The highest BCUT2D eigenvalue weighted by Gasteiger charge is 1.96. The van der Waals surface area contributed by atoms with E-state index in [1.165, 1.54) is 6.07 Å². The van der Waals surface area contributed by atoms with Gasteiger partial charge in [0.25, 0.3) is 0 Å². The molecule has 11 heavy (non-hydrogen) atoms. The van der Waals surface area contributed by atoms with Crippen molar-refractivity contribution in [1.82, 2.24) is 0 Å². The zero-order chi connectivity index (χ0) is 8.27. The second kappa shape index (κ2) is 2.93. The molecule has 0 heterocycles. The van der Waals surface area contributed by atoms with Crippen molar-refractivity contribution < 1.29 is 5.11 Å². The molecular formula is C8H8N2O. The molecule has 0 radical (unpaired) electrons. The maximum Gasteiger partial charge on any atom is 0.138 e. The highest BCUT2D eigenvalue weighted by molar-refractivity contribution is 5.53. The predicted molar refractivity (Wildman–Crippen MR) is 41.8 cm³/mol. The van der Waals surface area contributed by atoms with Gasteiger partial charge in [0, 0.05) is 0 Å². The molecule has 0 aliphatic heterocycles. The minimum Gasteiger partial charge on any atom is -0.506 e. The normalized spacial score (nSPS) is 9.00. The Morgan fingerprint density at radius 1 is 1.55 bits per heavy atom. The molecule has 0 aromatic heterocycles. The largest absolute Gasteiger partial charge is 0.506 e. The summed E-state index contributed by atoms with van der Waals surface area (Å²) >= 11 is 0. The number of hydrogen-bond acceptors (Lipinski definition) is 3. The summed E-state index contributed by atoms with van der Waals surface area (Å²) in [6.45, 7) is 0. The van der Waals surface area contributed by atoms with Crippen molar-refractivity contribution in [3.05, 3.63) is 23.8 Å². The summed E-state index contributed by atoms with van der Waals surface area (Å²) in [7, 11) is 0. The van der Waals surface area contributed by atoms with Gasteiger partial charge < -0.3 is 10.8 Å². The molecule has 0 saturated carbocycles. The van der Waals surface area contributed by atoms with E-state index >= 15 is 0 Å². The molecule has 3 heteroatoms. The third-order valence-electron chi connectivity index (χ3n) is 1.38. The van der Waals surface area contributed by atoms with Crippen LogP contribution in [0.4, 0.5) is 5.69 Å². The number of nitrogens with zero attached hydrogens (tertiary/aromatic N) is 1. The van der Waals surface area contributed by atoms with Crippen molar-refractivity contribution in [2.75, 3.05) is 5.73 Å². The predicted octanol–water partition coefficient (Wildman–Crippen LogP) is 1.04. The summed E-state index contributed by atoms with van der Waals surface area (Å²) in [6.07, 6.45) is 0.324. The van der Waals surface area contributed by atoms with Crippen LogP contribution in [0.1, 0.15) is 5.56 Å². The number of phenols is 1. The lowest BCUT2D eigenvalue weighted by atomic mass is 10.1. The molecule has 0 spiro atoms. The quantitative estimate of drug-likeness (QED) is 0.461. The number of nitriles is 1. The fourth-order valence-electron chi connectivity index (χ4n) is 0.805. The fourth-order valence-corrected chi connectivity index (χ4v) is 0.805. The molecule has 0 aliphatic rings. The summed E-state index contributed by atoms with van der Waals surface area (Å²) in [5.74, 6) is 0.0617. The van der Waals surface area contributed by atoms with Gasteiger partial charge in [-0.25, -0.2) is 0 Å². The van der Waals surface area contributed by atoms with E-state index in [1.54, 1.807) is 12.1 Å². The Bertz CT molecular complexity index is 301. The van der Waals surface area contributed by atoms with Crippen LogP contribution in [0.15, 0.2) is 18.2 Å². The molecule has 0 amide bonds. The van der Waals surface area contributed by atoms with Crippen molar-refractivity contribution in [1.29, 1.82) is 5.26 Å². The Labute approximate surface area is 64.7 Å². The SMILES string of the molecule is N#CCc1ccc(O)c(N)c1. The van der Waals surface area contributed by atoms with Gasteiger partial charge in [-0.3, -0.25) is 0 Å². The first-order chi connectivity index (χ1) is 5.24. The van der Waals surface area contributed by atoms with Crippen molar-refractivity contribution in [2.24, 2.45) is 0 Å². The molecule has 1 aromatic rings. The maximum atomic E-state index is 9.00. The van der Waals surface area contributed by atoms with Gasteiger partial charge in [-0.05, 0) is 17.7 Å². The minimum atomic E-state index is 0.0617. The molecule has 1 aromatic carbocycles. The van der Waals surface area contributed by atoms with Crippen LogP contribution in [0, 0.1) is 11.3 Å². The van der Waals surface area contributed by atoms with Gasteiger partial charge in [0.1, 0.15) is 5.75 Å². The summed E-state index contributed by atoms with van der Waals surface area (Å²) in [5.41, 5.74) is 6.53. The van der Waals surface area contributed by atoms with Gasteiger partial charge in [0.15, 0.2) is 0 Å². The van der Waals surface area contributed by atoms with Crippen molar-refractivity contribution in [3.63, 3.8) is 0 Å². The smallest absolute Gasteiger partial charge is 0.138 e. The molecule has 1 rings (SSSR count). The van der Waals surface area contributed by atoms with Crippen molar-refractivity contribution in [2.45, 2.75) is 6.42 Å². The summed E-state index contributed by atoms with van der Waals surface area (Å²) in [5, 5.41) is 17.3. The number of hydrogen-bond donors (Lipinski definition) is 2. The highest BCUT2D eigenvalue weighted by Crippen LogP contribution is 2.20. The summed E-state index contributed by atoms with van der Waals surface area (Å²) in [4.78, 5) is 0. The molecule has 0 aliphatic carbocycles. The first kappa shape index (κ1) is 7.42. The van der Waals surface area contributed by atoms with E-state index in [1.807, 2.05) is 6.07 Å². The number of nitrogens with two attached hydrogens (primary N) is 1. The van der Waals surface area contributed by atoms with Gasteiger partial charge in [-0.2, -0.15) is 5.26 Å². The second-order valence-corrected chi connectivity index (χ2v) is 2.23. The maximum absolute atomic E-state index is 9.00. The Hall–Kier alpha value is -1.69. The monoisotopic (exact) mass is 148 g/mol. The third-order valence-corrected chi connectivity index (χ3v) is 1.38. The molecule has 0 saturated heterocycles. The van der Waals surface area contributed by atoms with Crippen LogP contribution in [-0.4, -0.2) is 5.11 Å². The van der Waals surface area contributed by atoms with Gasteiger partial charge in [0.2, 0.25) is 0 Å². The van der Waals surface area contributed by atoms with Gasteiger partial charge in [0.05, 0.1) is 18.2 Å². The zero-order valence-corrected chi connectivity index (χ0v) is 5.91. The lowest BCUT2D eigenvalue weighted by molar-refractivity contribution is 0.478. The fraction of sp³-hybridized carbons (Fsp3) is 0.125. The Morgan fingerprint density at radius 3 is 2.82 bits per heavy atom. The van der Waals surface area contributed by atoms with Crippen LogP contribution >= 0.6 is 0 Å². The number of nitrogen functional groups attached to an aromatic ring is 1. The molecule has 0 fully saturated rings. The first-order valence-electron chi connectivity index (χ1n) is 3.18. The second-order valence-electron chi connectivity index (χ2n) is 2.23. The average molecular weight is 148 g/mol. The summed E-state index contributed by atoms with van der Waals surface area (Å²) < 4.78 is 0. The van der Waals surface area contributed by atoms with Crippen molar-refractivity contribution >= 4 is 5.69 Å². The van der Waals surface area contributed by atoms with Crippen LogP contribution in [0.2, 0.25) is 0 Å².